The largest absolute Gasteiger partial charge is 0.340 e. The lowest BCUT2D eigenvalue weighted by Gasteiger charge is -2.19. The maximum atomic E-state index is 12.5. The molecular formula is C17H21ClN4O2. The van der Waals surface area contributed by atoms with Crippen molar-refractivity contribution in [1.82, 2.24) is 15.5 Å². The highest BCUT2D eigenvalue weighted by molar-refractivity contribution is 6.30. The van der Waals surface area contributed by atoms with Crippen molar-refractivity contribution in [3.05, 3.63) is 46.6 Å². The smallest absolute Gasteiger partial charge is 0.251 e. The van der Waals surface area contributed by atoms with Crippen molar-refractivity contribution in [2.75, 3.05) is 5.32 Å². The lowest BCUT2D eigenvalue weighted by Crippen LogP contribution is -2.44. The van der Waals surface area contributed by atoms with Gasteiger partial charge in [-0.05, 0) is 43.5 Å². The predicted molar refractivity (Wildman–Crippen MR) is 94.1 cm³/mol. The first-order valence-corrected chi connectivity index (χ1v) is 8.12. The summed E-state index contributed by atoms with van der Waals surface area (Å²) in [6.07, 6.45) is 0.522. The summed E-state index contributed by atoms with van der Waals surface area (Å²) >= 11 is 5.83. The molecule has 0 aliphatic carbocycles. The zero-order valence-electron chi connectivity index (χ0n) is 13.9. The molecule has 1 aromatic heterocycles. The first-order valence-electron chi connectivity index (χ1n) is 7.74. The summed E-state index contributed by atoms with van der Waals surface area (Å²) in [6.45, 7) is 5.83. The average Bonchev–Trinajstić information content (AvgIpc) is 2.91. The molecule has 7 heteroatoms. The Bertz CT molecular complexity index is 710. The van der Waals surface area contributed by atoms with Crippen LogP contribution in [0, 0.1) is 12.8 Å². The van der Waals surface area contributed by atoms with Gasteiger partial charge in [-0.3, -0.25) is 14.7 Å². The quantitative estimate of drug-likeness (QED) is 0.749. The van der Waals surface area contributed by atoms with Crippen molar-refractivity contribution >= 4 is 29.2 Å². The molecule has 24 heavy (non-hydrogen) atoms. The van der Waals surface area contributed by atoms with Crippen LogP contribution in [0.25, 0.3) is 0 Å². The second-order valence-corrected chi connectivity index (χ2v) is 6.52. The minimum Gasteiger partial charge on any atom is -0.340 e. The number of nitrogens with zero attached hydrogens (tertiary/aromatic N) is 1. The highest BCUT2D eigenvalue weighted by atomic mass is 35.5. The average molecular weight is 349 g/mol. The van der Waals surface area contributed by atoms with Crippen molar-refractivity contribution in [2.45, 2.75) is 33.2 Å². The van der Waals surface area contributed by atoms with Crippen LogP contribution in [0.3, 0.4) is 0 Å². The number of aryl methyl sites for hydroxylation is 1. The summed E-state index contributed by atoms with van der Waals surface area (Å²) in [4.78, 5) is 24.8. The van der Waals surface area contributed by atoms with Crippen LogP contribution in [-0.2, 0) is 4.79 Å². The Morgan fingerprint density at radius 1 is 1.25 bits per heavy atom. The number of rotatable bonds is 6. The maximum Gasteiger partial charge on any atom is 0.251 e. The van der Waals surface area contributed by atoms with E-state index in [0.717, 1.165) is 5.69 Å². The van der Waals surface area contributed by atoms with Gasteiger partial charge >= 0.3 is 0 Å². The van der Waals surface area contributed by atoms with Crippen LogP contribution in [-0.4, -0.2) is 28.1 Å². The van der Waals surface area contributed by atoms with Crippen molar-refractivity contribution in [3.8, 4) is 0 Å². The van der Waals surface area contributed by atoms with Gasteiger partial charge in [-0.1, -0.05) is 25.4 Å². The third kappa shape index (κ3) is 5.09. The Morgan fingerprint density at radius 2 is 1.92 bits per heavy atom. The van der Waals surface area contributed by atoms with E-state index in [1.165, 1.54) is 0 Å². The molecular weight excluding hydrogens is 328 g/mol. The Hall–Kier alpha value is -2.34. The molecule has 0 fully saturated rings. The number of benzene rings is 1. The van der Waals surface area contributed by atoms with Crippen LogP contribution in [0.1, 0.15) is 36.3 Å². The van der Waals surface area contributed by atoms with Crippen LogP contribution in [0.4, 0.5) is 5.82 Å². The van der Waals surface area contributed by atoms with Gasteiger partial charge in [0.25, 0.3) is 5.91 Å². The van der Waals surface area contributed by atoms with Crippen LogP contribution in [0.15, 0.2) is 30.3 Å². The fourth-order valence-electron chi connectivity index (χ4n) is 2.24. The summed E-state index contributed by atoms with van der Waals surface area (Å²) < 4.78 is 0. The molecule has 0 saturated carbocycles. The van der Waals surface area contributed by atoms with E-state index in [4.69, 9.17) is 11.6 Å². The van der Waals surface area contributed by atoms with E-state index in [2.05, 4.69) is 20.8 Å². The summed E-state index contributed by atoms with van der Waals surface area (Å²) in [7, 11) is 0. The van der Waals surface area contributed by atoms with E-state index in [-0.39, 0.29) is 17.7 Å². The third-order valence-corrected chi connectivity index (χ3v) is 3.64. The zero-order valence-corrected chi connectivity index (χ0v) is 14.6. The van der Waals surface area contributed by atoms with Gasteiger partial charge in [-0.2, -0.15) is 5.10 Å². The number of carbonyl (C=O) groups is 2. The second kappa shape index (κ2) is 7.97. The molecule has 0 spiro atoms. The van der Waals surface area contributed by atoms with Crippen LogP contribution in [0.5, 0.6) is 0 Å². The summed E-state index contributed by atoms with van der Waals surface area (Å²) in [5.74, 6) is 0.0716. The molecule has 1 aromatic carbocycles. The van der Waals surface area contributed by atoms with Gasteiger partial charge in [0, 0.05) is 22.3 Å². The SMILES string of the molecule is Cc1cc(NC(=O)C(CC(C)C)NC(=O)c2ccc(Cl)cc2)n[nH]1. The highest BCUT2D eigenvalue weighted by Crippen LogP contribution is 2.12. The van der Waals surface area contributed by atoms with Gasteiger partial charge in [0.1, 0.15) is 6.04 Å². The number of nitrogens with one attached hydrogen (secondary N) is 3. The molecule has 6 nitrogen and oxygen atoms in total. The Labute approximate surface area is 146 Å². The molecule has 1 atom stereocenters. The zero-order chi connectivity index (χ0) is 17.7. The number of aromatic nitrogens is 2. The highest BCUT2D eigenvalue weighted by Gasteiger charge is 2.23. The van der Waals surface area contributed by atoms with E-state index in [0.29, 0.717) is 22.8 Å². The third-order valence-electron chi connectivity index (χ3n) is 3.39. The first-order chi connectivity index (χ1) is 11.3. The van der Waals surface area contributed by atoms with E-state index < -0.39 is 6.04 Å². The molecule has 0 radical (unpaired) electrons. The molecule has 0 saturated heterocycles. The van der Waals surface area contributed by atoms with Crippen molar-refractivity contribution in [1.29, 1.82) is 0 Å². The second-order valence-electron chi connectivity index (χ2n) is 6.09. The number of anilines is 1. The van der Waals surface area contributed by atoms with Gasteiger partial charge in [0.05, 0.1) is 0 Å². The van der Waals surface area contributed by atoms with Gasteiger partial charge < -0.3 is 10.6 Å². The molecule has 0 bridgehead atoms. The number of aromatic amines is 1. The van der Waals surface area contributed by atoms with Crippen molar-refractivity contribution < 1.29 is 9.59 Å². The molecule has 2 aromatic rings. The number of hydrogen-bond acceptors (Lipinski definition) is 3. The minimum absolute atomic E-state index is 0.243. The fourth-order valence-corrected chi connectivity index (χ4v) is 2.37. The van der Waals surface area contributed by atoms with E-state index >= 15 is 0 Å². The molecule has 3 N–H and O–H groups in total. The van der Waals surface area contributed by atoms with E-state index in [1.54, 1.807) is 30.3 Å². The number of carbonyl (C=O) groups excluding carboxylic acids is 2. The number of hydrogen-bond donors (Lipinski definition) is 3. The topological polar surface area (TPSA) is 86.9 Å². The molecule has 128 valence electrons. The number of halogens is 1. The standard InChI is InChI=1S/C17H21ClN4O2/c1-10(2)8-14(17(24)20-15-9-11(3)21-22-15)19-16(23)12-4-6-13(18)7-5-12/h4-7,9-10,14H,8H2,1-3H3,(H,19,23)(H2,20,21,22,24). The minimum atomic E-state index is -0.648. The molecule has 1 unspecified atom stereocenters. The monoisotopic (exact) mass is 348 g/mol. The Balaban J connectivity index is 2.07. The van der Waals surface area contributed by atoms with Crippen molar-refractivity contribution in [3.63, 3.8) is 0 Å². The Kier molecular flexibility index (Phi) is 5.98. The van der Waals surface area contributed by atoms with Crippen molar-refractivity contribution in [2.24, 2.45) is 5.92 Å². The maximum absolute atomic E-state index is 12.5. The van der Waals surface area contributed by atoms with E-state index in [9.17, 15) is 9.59 Å². The predicted octanol–water partition coefficient (Wildman–Crippen LogP) is 3.15. The van der Waals surface area contributed by atoms with Gasteiger partial charge in [-0.15, -0.1) is 0 Å². The molecule has 0 aliphatic rings. The molecule has 2 rings (SSSR count). The normalized spacial score (nSPS) is 12.0. The molecule has 1 heterocycles. The fraction of sp³-hybridized carbons (Fsp3) is 0.353. The Morgan fingerprint density at radius 3 is 2.46 bits per heavy atom. The van der Waals surface area contributed by atoms with Gasteiger partial charge in [-0.25, -0.2) is 0 Å². The van der Waals surface area contributed by atoms with Gasteiger partial charge in [0.15, 0.2) is 5.82 Å². The number of H-pyrrole nitrogens is 1. The molecule has 0 aliphatic heterocycles. The summed E-state index contributed by atoms with van der Waals surface area (Å²) in [5, 5.41) is 12.8. The van der Waals surface area contributed by atoms with Crippen LogP contribution >= 0.6 is 11.6 Å². The first kappa shape index (κ1) is 18.0. The lowest BCUT2D eigenvalue weighted by molar-refractivity contribution is -0.118. The lowest BCUT2D eigenvalue weighted by atomic mass is 10.0. The summed E-state index contributed by atoms with van der Waals surface area (Å²) in [5.41, 5.74) is 1.30. The van der Waals surface area contributed by atoms with Crippen LogP contribution in [0.2, 0.25) is 5.02 Å². The summed E-state index contributed by atoms with van der Waals surface area (Å²) in [6, 6.07) is 7.61. The van der Waals surface area contributed by atoms with E-state index in [1.807, 2.05) is 20.8 Å². The number of amides is 2. The van der Waals surface area contributed by atoms with Gasteiger partial charge in [0.2, 0.25) is 5.91 Å². The van der Waals surface area contributed by atoms with Crippen LogP contribution < -0.4 is 10.6 Å². The molecule has 2 amide bonds.